The maximum Gasteiger partial charge on any atom is 0.346 e. The molecule has 3 rings (SSSR count). The third-order valence-corrected chi connectivity index (χ3v) is 3.85. The zero-order valence-corrected chi connectivity index (χ0v) is 15.8. The minimum absolute atomic E-state index is 0.156. The molecule has 0 aliphatic rings. The number of rotatable bonds is 8. The second-order valence-corrected chi connectivity index (χ2v) is 5.55. The van der Waals surface area contributed by atoms with Crippen molar-refractivity contribution in [2.45, 2.75) is 13.5 Å². The zero-order chi connectivity index (χ0) is 19.9. The fraction of sp³-hybridized carbons (Fsp3) is 0.250. The first kappa shape index (κ1) is 19.2. The predicted octanol–water partition coefficient (Wildman–Crippen LogP) is 3.51. The lowest BCUT2D eigenvalue weighted by molar-refractivity contribution is 0.0422. The van der Waals surface area contributed by atoms with Crippen molar-refractivity contribution in [3.8, 4) is 28.6 Å². The molecule has 8 nitrogen and oxygen atoms in total. The van der Waals surface area contributed by atoms with Gasteiger partial charge in [-0.25, -0.2) is 4.79 Å². The summed E-state index contributed by atoms with van der Waals surface area (Å²) in [5, 5.41) is 3.94. The quantitative estimate of drug-likeness (QED) is 0.545. The molecule has 28 heavy (non-hydrogen) atoms. The van der Waals surface area contributed by atoms with Gasteiger partial charge in [-0.1, -0.05) is 23.4 Å². The molecule has 0 fully saturated rings. The minimum Gasteiger partial charge on any atom is -0.496 e. The molecule has 1 heterocycles. The maximum absolute atomic E-state index is 12.5. The maximum atomic E-state index is 12.5. The topological polar surface area (TPSA) is 92.9 Å². The Kier molecular flexibility index (Phi) is 6.11. The van der Waals surface area contributed by atoms with Gasteiger partial charge in [0, 0.05) is 0 Å². The average molecular weight is 384 g/mol. The van der Waals surface area contributed by atoms with Gasteiger partial charge in [-0.05, 0) is 31.2 Å². The first-order valence-corrected chi connectivity index (χ1v) is 8.60. The molecule has 8 heteroatoms. The van der Waals surface area contributed by atoms with Crippen molar-refractivity contribution < 1.29 is 28.3 Å². The van der Waals surface area contributed by atoms with E-state index in [1.807, 2.05) is 31.2 Å². The van der Waals surface area contributed by atoms with Crippen molar-refractivity contribution in [1.82, 2.24) is 10.1 Å². The molecule has 0 spiro atoms. The summed E-state index contributed by atoms with van der Waals surface area (Å²) in [6.07, 6.45) is 0. The van der Waals surface area contributed by atoms with E-state index in [-0.39, 0.29) is 18.1 Å². The van der Waals surface area contributed by atoms with E-state index < -0.39 is 5.97 Å². The molecule has 2 aromatic carbocycles. The van der Waals surface area contributed by atoms with Gasteiger partial charge in [-0.3, -0.25) is 0 Å². The molecule has 3 aromatic rings. The standard InChI is InChI=1S/C20H20N2O6/c1-4-26-14-9-6-5-8-13(14)19-21-17(28-22-19)12-27-20(23)18-15(24-2)10-7-11-16(18)25-3/h5-11H,4,12H2,1-3H3. The minimum atomic E-state index is -0.622. The molecule has 146 valence electrons. The van der Waals surface area contributed by atoms with Crippen molar-refractivity contribution in [3.63, 3.8) is 0 Å². The molecule has 0 atom stereocenters. The van der Waals surface area contributed by atoms with Gasteiger partial charge in [0.1, 0.15) is 22.8 Å². The van der Waals surface area contributed by atoms with Gasteiger partial charge in [0.05, 0.1) is 26.4 Å². The van der Waals surface area contributed by atoms with Crippen molar-refractivity contribution >= 4 is 5.97 Å². The normalized spacial score (nSPS) is 10.4. The highest BCUT2D eigenvalue weighted by molar-refractivity contribution is 5.95. The lowest BCUT2D eigenvalue weighted by Gasteiger charge is -2.11. The van der Waals surface area contributed by atoms with Crippen LogP contribution in [0.1, 0.15) is 23.2 Å². The fourth-order valence-corrected chi connectivity index (χ4v) is 2.61. The van der Waals surface area contributed by atoms with E-state index in [0.29, 0.717) is 35.2 Å². The van der Waals surface area contributed by atoms with Gasteiger partial charge in [0.2, 0.25) is 5.82 Å². The highest BCUT2D eigenvalue weighted by Gasteiger charge is 2.21. The molecular formula is C20H20N2O6. The van der Waals surface area contributed by atoms with Crippen molar-refractivity contribution in [3.05, 3.63) is 53.9 Å². The number of benzene rings is 2. The molecule has 0 bridgehead atoms. The highest BCUT2D eigenvalue weighted by atomic mass is 16.6. The summed E-state index contributed by atoms with van der Waals surface area (Å²) < 4.78 is 26.5. The summed E-state index contributed by atoms with van der Waals surface area (Å²) in [4.78, 5) is 16.8. The van der Waals surface area contributed by atoms with Crippen LogP contribution in [0.5, 0.6) is 17.2 Å². The molecule has 0 unspecified atom stereocenters. The SMILES string of the molecule is CCOc1ccccc1-c1noc(COC(=O)c2c(OC)cccc2OC)n1. The number of carbonyl (C=O) groups is 1. The van der Waals surface area contributed by atoms with E-state index in [1.54, 1.807) is 18.2 Å². The van der Waals surface area contributed by atoms with Crippen molar-refractivity contribution in [2.75, 3.05) is 20.8 Å². The number of nitrogens with zero attached hydrogens (tertiary/aromatic N) is 2. The largest absolute Gasteiger partial charge is 0.496 e. The Labute approximate surface area is 162 Å². The van der Waals surface area contributed by atoms with E-state index in [1.165, 1.54) is 14.2 Å². The van der Waals surface area contributed by atoms with E-state index in [4.69, 9.17) is 23.5 Å². The van der Waals surface area contributed by atoms with Gasteiger partial charge in [0.15, 0.2) is 6.61 Å². The second kappa shape index (κ2) is 8.90. The fourth-order valence-electron chi connectivity index (χ4n) is 2.61. The number of carbonyl (C=O) groups excluding carboxylic acids is 1. The summed E-state index contributed by atoms with van der Waals surface area (Å²) in [7, 11) is 2.93. The van der Waals surface area contributed by atoms with Crippen molar-refractivity contribution in [1.29, 1.82) is 0 Å². The van der Waals surface area contributed by atoms with Gasteiger partial charge in [-0.15, -0.1) is 0 Å². The summed E-state index contributed by atoms with van der Waals surface area (Å²) >= 11 is 0. The van der Waals surface area contributed by atoms with Gasteiger partial charge in [0.25, 0.3) is 5.89 Å². The summed E-state index contributed by atoms with van der Waals surface area (Å²) in [6, 6.07) is 12.4. The molecule has 0 radical (unpaired) electrons. The third kappa shape index (κ3) is 4.06. The lowest BCUT2D eigenvalue weighted by Crippen LogP contribution is -2.09. The van der Waals surface area contributed by atoms with Crippen LogP contribution in [0.2, 0.25) is 0 Å². The molecular weight excluding hydrogens is 364 g/mol. The van der Waals surface area contributed by atoms with Gasteiger partial charge >= 0.3 is 5.97 Å². The number of ether oxygens (including phenoxy) is 4. The Bertz CT molecular complexity index is 931. The summed E-state index contributed by atoms with van der Waals surface area (Å²) in [5.41, 5.74) is 0.881. The average Bonchev–Trinajstić information content (AvgIpc) is 3.20. The Morgan fingerprint density at radius 3 is 2.36 bits per heavy atom. The second-order valence-electron chi connectivity index (χ2n) is 5.55. The number of hydrogen-bond acceptors (Lipinski definition) is 8. The van der Waals surface area contributed by atoms with Crippen LogP contribution in [-0.4, -0.2) is 36.9 Å². The van der Waals surface area contributed by atoms with Gasteiger partial charge in [-0.2, -0.15) is 4.98 Å². The molecule has 1 aromatic heterocycles. The predicted molar refractivity (Wildman–Crippen MR) is 99.6 cm³/mol. The van der Waals surface area contributed by atoms with Crippen LogP contribution in [0.3, 0.4) is 0 Å². The molecule has 0 N–H and O–H groups in total. The molecule has 0 aliphatic heterocycles. The number of aromatic nitrogens is 2. The van der Waals surface area contributed by atoms with Crippen LogP contribution < -0.4 is 14.2 Å². The van der Waals surface area contributed by atoms with E-state index in [0.717, 1.165) is 0 Å². The first-order chi connectivity index (χ1) is 13.7. The van der Waals surface area contributed by atoms with Crippen LogP contribution in [0.15, 0.2) is 47.0 Å². The molecule has 0 saturated carbocycles. The Morgan fingerprint density at radius 1 is 1.00 bits per heavy atom. The number of hydrogen-bond donors (Lipinski definition) is 0. The number of esters is 1. The summed E-state index contributed by atoms with van der Waals surface area (Å²) in [6.45, 7) is 2.22. The van der Waals surface area contributed by atoms with E-state index >= 15 is 0 Å². The lowest BCUT2D eigenvalue weighted by atomic mass is 10.2. The zero-order valence-electron chi connectivity index (χ0n) is 15.8. The van der Waals surface area contributed by atoms with Crippen LogP contribution >= 0.6 is 0 Å². The Morgan fingerprint density at radius 2 is 1.68 bits per heavy atom. The smallest absolute Gasteiger partial charge is 0.346 e. The summed E-state index contributed by atoms with van der Waals surface area (Å²) in [5.74, 6) is 1.23. The highest BCUT2D eigenvalue weighted by Crippen LogP contribution is 2.30. The molecule has 0 saturated heterocycles. The third-order valence-electron chi connectivity index (χ3n) is 3.85. The van der Waals surface area contributed by atoms with E-state index in [2.05, 4.69) is 10.1 Å². The monoisotopic (exact) mass is 384 g/mol. The number of para-hydroxylation sites is 1. The Hall–Kier alpha value is -3.55. The van der Waals surface area contributed by atoms with Crippen molar-refractivity contribution in [2.24, 2.45) is 0 Å². The van der Waals surface area contributed by atoms with Crippen LogP contribution in [0, 0.1) is 0 Å². The molecule has 0 amide bonds. The van der Waals surface area contributed by atoms with Gasteiger partial charge < -0.3 is 23.5 Å². The molecule has 0 aliphatic carbocycles. The number of methoxy groups -OCH3 is 2. The van der Waals surface area contributed by atoms with Crippen LogP contribution in [0.25, 0.3) is 11.4 Å². The first-order valence-electron chi connectivity index (χ1n) is 8.60. The van der Waals surface area contributed by atoms with Crippen LogP contribution in [-0.2, 0) is 11.3 Å². The van der Waals surface area contributed by atoms with Crippen LogP contribution in [0.4, 0.5) is 0 Å². The van der Waals surface area contributed by atoms with E-state index in [9.17, 15) is 4.79 Å². The Balaban J connectivity index is 1.75.